The monoisotopic (exact) mass is 443 g/mol. The van der Waals surface area contributed by atoms with Gasteiger partial charge in [-0.1, -0.05) is 47.7 Å². The van der Waals surface area contributed by atoms with E-state index in [9.17, 15) is 12.8 Å². The predicted molar refractivity (Wildman–Crippen MR) is 116 cm³/mol. The number of piperidine rings is 1. The van der Waals surface area contributed by atoms with Crippen LogP contribution in [0, 0.1) is 5.82 Å². The zero-order chi connectivity index (χ0) is 21.6. The first-order chi connectivity index (χ1) is 15.1. The van der Waals surface area contributed by atoms with Crippen LogP contribution in [0.2, 0.25) is 0 Å². The number of hydrogen-bond acceptors (Lipinski definition) is 5. The van der Waals surface area contributed by atoms with Crippen molar-refractivity contribution in [1.29, 1.82) is 0 Å². The van der Waals surface area contributed by atoms with Gasteiger partial charge >= 0.3 is 0 Å². The lowest BCUT2D eigenvalue weighted by molar-refractivity contribution is 0.201. The second-order valence-corrected chi connectivity index (χ2v) is 8.72. The van der Waals surface area contributed by atoms with Gasteiger partial charge in [-0.3, -0.25) is 4.90 Å². The lowest BCUT2D eigenvalue weighted by atomic mass is 9.88. The summed E-state index contributed by atoms with van der Waals surface area (Å²) >= 11 is 0. The Bertz CT molecular complexity index is 1070. The topological polar surface area (TPSA) is 80.1 Å². The standard InChI is InChI=1S/C22H26FN5O2S/c23-22-7-6-18(13-24-31(29)30)12-21(22)19-8-10-27(11-9-19)15-20-16-28(26-25-20)14-17-4-2-1-3-5-17/h1-7,12,16,19,31H,8-11,13-15H2,(H,24,29,30). The highest BCUT2D eigenvalue weighted by Gasteiger charge is 2.23. The van der Waals surface area contributed by atoms with Crippen molar-refractivity contribution in [2.75, 3.05) is 13.1 Å². The lowest BCUT2D eigenvalue weighted by Crippen LogP contribution is -2.32. The van der Waals surface area contributed by atoms with Crippen LogP contribution in [0.1, 0.15) is 41.1 Å². The van der Waals surface area contributed by atoms with Crippen LogP contribution in [0.3, 0.4) is 0 Å². The fraction of sp³-hybridized carbons (Fsp3) is 0.364. The van der Waals surface area contributed by atoms with Crippen LogP contribution < -0.4 is 4.72 Å². The van der Waals surface area contributed by atoms with E-state index in [0.29, 0.717) is 12.1 Å². The highest BCUT2D eigenvalue weighted by atomic mass is 32.2. The van der Waals surface area contributed by atoms with Crippen LogP contribution in [0.5, 0.6) is 0 Å². The van der Waals surface area contributed by atoms with Crippen molar-refractivity contribution < 1.29 is 12.8 Å². The van der Waals surface area contributed by atoms with Crippen LogP contribution in [0.25, 0.3) is 0 Å². The second kappa shape index (κ2) is 10.1. The van der Waals surface area contributed by atoms with Crippen LogP contribution >= 0.6 is 0 Å². The second-order valence-electron chi connectivity index (χ2n) is 7.89. The normalized spacial score (nSPS) is 15.5. The highest BCUT2D eigenvalue weighted by molar-refractivity contribution is 7.70. The lowest BCUT2D eigenvalue weighted by Gasteiger charge is -2.31. The molecule has 0 unspecified atom stereocenters. The first kappa shape index (κ1) is 21.6. The Hall–Kier alpha value is -2.62. The van der Waals surface area contributed by atoms with E-state index in [4.69, 9.17) is 0 Å². The Labute approximate surface area is 183 Å². The molecule has 1 aliphatic rings. The van der Waals surface area contributed by atoms with E-state index < -0.39 is 10.9 Å². The minimum Gasteiger partial charge on any atom is -0.297 e. The van der Waals surface area contributed by atoms with Gasteiger partial charge in [0.25, 0.3) is 0 Å². The van der Waals surface area contributed by atoms with Gasteiger partial charge in [0.1, 0.15) is 5.82 Å². The van der Waals surface area contributed by atoms with Crippen molar-refractivity contribution in [2.24, 2.45) is 0 Å². The third-order valence-electron chi connectivity index (χ3n) is 5.66. The first-order valence-electron chi connectivity index (χ1n) is 10.4. The van der Waals surface area contributed by atoms with Crippen molar-refractivity contribution in [3.63, 3.8) is 0 Å². The van der Waals surface area contributed by atoms with Crippen LogP contribution in [-0.4, -0.2) is 41.4 Å². The average molecular weight is 444 g/mol. The quantitative estimate of drug-likeness (QED) is 0.523. The molecule has 1 N–H and O–H groups in total. The molecule has 1 aliphatic heterocycles. The number of nitrogens with one attached hydrogen (secondary N) is 1. The minimum absolute atomic E-state index is 0.131. The molecule has 4 rings (SSSR count). The van der Waals surface area contributed by atoms with Crippen molar-refractivity contribution in [3.8, 4) is 0 Å². The summed E-state index contributed by atoms with van der Waals surface area (Å²) in [6.45, 7) is 3.31. The molecule has 3 aromatic rings. The van der Waals surface area contributed by atoms with Crippen LogP contribution in [-0.2, 0) is 30.5 Å². The van der Waals surface area contributed by atoms with Gasteiger partial charge in [-0.25, -0.2) is 22.2 Å². The molecule has 0 bridgehead atoms. The minimum atomic E-state index is -2.66. The summed E-state index contributed by atoms with van der Waals surface area (Å²) in [5, 5.41) is 8.53. The summed E-state index contributed by atoms with van der Waals surface area (Å²) < 4.78 is 40.1. The van der Waals surface area contributed by atoms with Gasteiger partial charge in [0.2, 0.25) is 10.9 Å². The average Bonchev–Trinajstić information content (AvgIpc) is 3.21. The van der Waals surface area contributed by atoms with Crippen LogP contribution in [0.15, 0.2) is 54.7 Å². The Kier molecular flexibility index (Phi) is 7.06. The van der Waals surface area contributed by atoms with Gasteiger partial charge in [-0.2, -0.15) is 0 Å². The molecule has 0 spiro atoms. The van der Waals surface area contributed by atoms with Gasteiger partial charge in [0, 0.05) is 13.1 Å². The fourth-order valence-electron chi connectivity index (χ4n) is 4.06. The Morgan fingerprint density at radius 1 is 1.03 bits per heavy atom. The van der Waals surface area contributed by atoms with Crippen molar-refractivity contribution in [3.05, 3.63) is 82.9 Å². The van der Waals surface area contributed by atoms with Gasteiger partial charge in [0.15, 0.2) is 0 Å². The maximum Gasteiger partial charge on any atom is 0.201 e. The molecular weight excluding hydrogens is 417 g/mol. The van der Waals surface area contributed by atoms with Crippen molar-refractivity contribution in [1.82, 2.24) is 24.6 Å². The number of hydrogen-bond donors (Lipinski definition) is 2. The molecular formula is C22H26FN5O2S. The molecule has 0 aliphatic carbocycles. The van der Waals surface area contributed by atoms with E-state index >= 15 is 0 Å². The molecule has 0 atom stereocenters. The van der Waals surface area contributed by atoms with Gasteiger partial charge in [0.05, 0.1) is 18.4 Å². The smallest absolute Gasteiger partial charge is 0.201 e. The maximum absolute atomic E-state index is 14.4. The van der Waals surface area contributed by atoms with Crippen molar-refractivity contribution >= 4 is 10.9 Å². The zero-order valence-electron chi connectivity index (χ0n) is 17.2. The number of aromatic nitrogens is 3. The predicted octanol–water partition coefficient (Wildman–Crippen LogP) is 2.46. The maximum atomic E-state index is 14.4. The fourth-order valence-corrected chi connectivity index (χ4v) is 4.37. The number of halogens is 1. The SMILES string of the molecule is O=[SH](=O)NCc1ccc(F)c(C2CCN(Cc3cn(Cc4ccccc4)nn3)CC2)c1. The number of benzene rings is 2. The van der Waals surface area contributed by atoms with E-state index in [1.165, 1.54) is 11.6 Å². The summed E-state index contributed by atoms with van der Waals surface area (Å²) in [6, 6.07) is 15.0. The number of rotatable bonds is 8. The molecule has 1 aromatic heterocycles. The largest absolute Gasteiger partial charge is 0.297 e. The van der Waals surface area contributed by atoms with E-state index in [-0.39, 0.29) is 18.3 Å². The van der Waals surface area contributed by atoms with E-state index in [1.807, 2.05) is 29.1 Å². The molecule has 164 valence electrons. The molecule has 7 nitrogen and oxygen atoms in total. The molecule has 0 saturated carbocycles. The molecule has 0 amide bonds. The molecule has 2 heterocycles. The van der Waals surface area contributed by atoms with Gasteiger partial charge in [-0.15, -0.1) is 5.10 Å². The third-order valence-corrected chi connectivity index (χ3v) is 6.08. The summed E-state index contributed by atoms with van der Waals surface area (Å²) in [6.07, 6.45) is 3.68. The summed E-state index contributed by atoms with van der Waals surface area (Å²) in [7, 11) is -2.66. The number of likely N-dealkylation sites (tertiary alicyclic amines) is 1. The Balaban J connectivity index is 1.32. The molecule has 31 heavy (non-hydrogen) atoms. The highest BCUT2D eigenvalue weighted by Crippen LogP contribution is 2.31. The van der Waals surface area contributed by atoms with E-state index in [1.54, 1.807) is 12.1 Å². The first-order valence-corrected chi connectivity index (χ1v) is 11.6. The van der Waals surface area contributed by atoms with Crippen molar-refractivity contribution in [2.45, 2.75) is 38.4 Å². The summed E-state index contributed by atoms with van der Waals surface area (Å²) in [4.78, 5) is 2.32. The molecule has 2 aromatic carbocycles. The molecule has 9 heteroatoms. The molecule has 0 radical (unpaired) electrons. The molecule has 1 fully saturated rings. The van der Waals surface area contributed by atoms with Gasteiger partial charge in [-0.05, 0) is 54.6 Å². The van der Waals surface area contributed by atoms with Crippen LogP contribution in [0.4, 0.5) is 4.39 Å². The zero-order valence-corrected chi connectivity index (χ0v) is 18.0. The van der Waals surface area contributed by atoms with E-state index in [2.05, 4.69) is 32.1 Å². The summed E-state index contributed by atoms with van der Waals surface area (Å²) in [5.41, 5.74) is 3.56. The van der Waals surface area contributed by atoms with Gasteiger partial charge < -0.3 is 0 Å². The summed E-state index contributed by atoms with van der Waals surface area (Å²) in [5.74, 6) is -0.0939. The molecule has 1 saturated heterocycles. The number of thiol groups is 1. The number of nitrogens with zero attached hydrogens (tertiary/aromatic N) is 4. The third kappa shape index (κ3) is 5.96. The Morgan fingerprint density at radius 2 is 1.81 bits per heavy atom. The van der Waals surface area contributed by atoms with E-state index in [0.717, 1.165) is 43.7 Å². The Morgan fingerprint density at radius 3 is 2.55 bits per heavy atom.